The Labute approximate surface area is 129 Å². The average molecular weight is 302 g/mol. The minimum atomic E-state index is -0.975. The zero-order chi connectivity index (χ0) is 15.6. The maximum atomic E-state index is 11.5. The number of aromatic carboxylic acids is 1. The van der Waals surface area contributed by atoms with E-state index in [0.717, 1.165) is 16.7 Å². The Balaban J connectivity index is 2.52. The minimum absolute atomic E-state index is 0.212. The van der Waals surface area contributed by atoms with Crippen LogP contribution in [-0.2, 0) is 0 Å². The second-order valence-corrected chi connectivity index (χ2v) is 5.79. The molecule has 0 saturated heterocycles. The van der Waals surface area contributed by atoms with Crippen molar-refractivity contribution in [3.05, 3.63) is 52.6 Å². The number of carbonyl (C=O) groups is 1. The molecule has 3 nitrogen and oxygen atoms in total. The Morgan fingerprint density at radius 1 is 1.14 bits per heavy atom. The van der Waals surface area contributed by atoms with Crippen molar-refractivity contribution in [3.8, 4) is 11.5 Å². The monoisotopic (exact) mass is 302 g/mol. The van der Waals surface area contributed by atoms with E-state index in [2.05, 4.69) is 6.07 Å². The Hall–Kier alpha value is -1.94. The number of hydrogen-bond acceptors (Lipinski definition) is 3. The highest BCUT2D eigenvalue weighted by Gasteiger charge is 2.17. The van der Waals surface area contributed by atoms with Gasteiger partial charge in [0, 0.05) is 4.90 Å². The van der Waals surface area contributed by atoms with Crippen molar-refractivity contribution in [2.75, 3.05) is 6.26 Å². The van der Waals surface area contributed by atoms with Gasteiger partial charge >= 0.3 is 5.97 Å². The van der Waals surface area contributed by atoms with Crippen LogP contribution < -0.4 is 4.74 Å². The van der Waals surface area contributed by atoms with Crippen LogP contribution in [0.2, 0.25) is 0 Å². The molecular formula is C17H18O3S. The van der Waals surface area contributed by atoms with Gasteiger partial charge in [-0.2, -0.15) is 0 Å². The highest BCUT2D eigenvalue weighted by atomic mass is 32.2. The minimum Gasteiger partial charge on any atom is -0.478 e. The molecule has 2 rings (SSSR count). The van der Waals surface area contributed by atoms with Gasteiger partial charge in [0.25, 0.3) is 0 Å². The van der Waals surface area contributed by atoms with Crippen LogP contribution in [0, 0.1) is 20.8 Å². The number of rotatable bonds is 4. The van der Waals surface area contributed by atoms with E-state index >= 15 is 0 Å². The van der Waals surface area contributed by atoms with E-state index in [9.17, 15) is 9.90 Å². The number of aryl methyl sites for hydroxylation is 2. The Bertz CT molecular complexity index is 693. The SMILES string of the molecule is CSc1cccc(Oc2cc(C)cc(C)c2C)c1C(=O)O. The zero-order valence-electron chi connectivity index (χ0n) is 12.6. The van der Waals surface area contributed by atoms with E-state index in [-0.39, 0.29) is 5.56 Å². The largest absolute Gasteiger partial charge is 0.478 e. The number of ether oxygens (including phenoxy) is 1. The van der Waals surface area contributed by atoms with Crippen LogP contribution in [0.15, 0.2) is 35.2 Å². The summed E-state index contributed by atoms with van der Waals surface area (Å²) in [4.78, 5) is 12.2. The van der Waals surface area contributed by atoms with E-state index in [1.807, 2.05) is 39.2 Å². The molecule has 0 spiro atoms. The summed E-state index contributed by atoms with van der Waals surface area (Å²) in [5, 5.41) is 9.44. The summed E-state index contributed by atoms with van der Waals surface area (Å²) in [5.74, 6) is 0.104. The van der Waals surface area contributed by atoms with Gasteiger partial charge in [0.1, 0.15) is 17.1 Å². The summed E-state index contributed by atoms with van der Waals surface area (Å²) in [5.41, 5.74) is 3.45. The molecule has 2 aromatic rings. The number of benzene rings is 2. The van der Waals surface area contributed by atoms with Gasteiger partial charge in [-0.25, -0.2) is 4.79 Å². The lowest BCUT2D eigenvalue weighted by atomic mass is 10.1. The lowest BCUT2D eigenvalue weighted by Gasteiger charge is -2.15. The van der Waals surface area contributed by atoms with Gasteiger partial charge in [-0.3, -0.25) is 0 Å². The molecule has 0 aliphatic carbocycles. The summed E-state index contributed by atoms with van der Waals surface area (Å²) in [7, 11) is 0. The molecule has 4 heteroatoms. The van der Waals surface area contributed by atoms with Crippen LogP contribution in [0.4, 0.5) is 0 Å². The van der Waals surface area contributed by atoms with Crippen molar-refractivity contribution < 1.29 is 14.6 Å². The number of carboxylic acids is 1. The number of thioether (sulfide) groups is 1. The van der Waals surface area contributed by atoms with Crippen molar-refractivity contribution in [3.63, 3.8) is 0 Å². The van der Waals surface area contributed by atoms with Gasteiger partial charge in [-0.15, -0.1) is 11.8 Å². The summed E-state index contributed by atoms with van der Waals surface area (Å²) >= 11 is 1.40. The van der Waals surface area contributed by atoms with Gasteiger partial charge in [-0.1, -0.05) is 12.1 Å². The van der Waals surface area contributed by atoms with Crippen LogP contribution >= 0.6 is 11.8 Å². The van der Waals surface area contributed by atoms with Crippen LogP contribution in [0.5, 0.6) is 11.5 Å². The van der Waals surface area contributed by atoms with Crippen LogP contribution in [0.1, 0.15) is 27.0 Å². The molecule has 0 saturated carbocycles. The second-order valence-electron chi connectivity index (χ2n) is 4.95. The molecule has 110 valence electrons. The van der Waals surface area contributed by atoms with Crippen molar-refractivity contribution in [1.82, 2.24) is 0 Å². The summed E-state index contributed by atoms with van der Waals surface area (Å²) < 4.78 is 5.91. The molecule has 0 aromatic heterocycles. The van der Waals surface area contributed by atoms with Gasteiger partial charge < -0.3 is 9.84 Å². The first-order chi connectivity index (χ1) is 9.93. The van der Waals surface area contributed by atoms with Crippen LogP contribution in [0.25, 0.3) is 0 Å². The van der Waals surface area contributed by atoms with Gasteiger partial charge in [0.05, 0.1) is 0 Å². The fourth-order valence-electron chi connectivity index (χ4n) is 2.20. The van der Waals surface area contributed by atoms with E-state index in [0.29, 0.717) is 16.4 Å². The fourth-order valence-corrected chi connectivity index (χ4v) is 2.81. The smallest absolute Gasteiger partial charge is 0.340 e. The molecule has 0 atom stereocenters. The third-order valence-electron chi connectivity index (χ3n) is 3.41. The lowest BCUT2D eigenvalue weighted by Crippen LogP contribution is -2.03. The normalized spacial score (nSPS) is 10.5. The van der Waals surface area contributed by atoms with E-state index in [4.69, 9.17) is 4.74 Å². The Morgan fingerprint density at radius 3 is 2.48 bits per heavy atom. The highest BCUT2D eigenvalue weighted by Crippen LogP contribution is 2.34. The fraction of sp³-hybridized carbons (Fsp3) is 0.235. The second kappa shape index (κ2) is 6.22. The lowest BCUT2D eigenvalue weighted by molar-refractivity contribution is 0.0690. The van der Waals surface area contributed by atoms with Crippen LogP contribution in [-0.4, -0.2) is 17.3 Å². The van der Waals surface area contributed by atoms with E-state index < -0.39 is 5.97 Å². The Morgan fingerprint density at radius 2 is 1.86 bits per heavy atom. The summed E-state index contributed by atoms with van der Waals surface area (Å²) in [6.07, 6.45) is 1.85. The van der Waals surface area contributed by atoms with Gasteiger partial charge in [0.15, 0.2) is 0 Å². The third-order valence-corrected chi connectivity index (χ3v) is 4.19. The van der Waals surface area contributed by atoms with Crippen molar-refractivity contribution in [2.24, 2.45) is 0 Å². The third kappa shape index (κ3) is 3.22. The maximum Gasteiger partial charge on any atom is 0.340 e. The summed E-state index contributed by atoms with van der Waals surface area (Å²) in [6, 6.07) is 9.31. The number of carboxylic acid groups (broad SMARTS) is 1. The molecule has 0 amide bonds. The standard InChI is InChI=1S/C17H18O3S/c1-10-8-11(2)12(3)14(9-10)20-13-6-5-7-15(21-4)16(13)17(18)19/h5-9H,1-4H3,(H,18,19). The van der Waals surface area contributed by atoms with Gasteiger partial charge in [0.2, 0.25) is 0 Å². The molecular weight excluding hydrogens is 284 g/mol. The molecule has 0 heterocycles. The molecule has 0 aliphatic rings. The molecule has 0 bridgehead atoms. The highest BCUT2D eigenvalue weighted by molar-refractivity contribution is 7.98. The Kier molecular flexibility index (Phi) is 4.58. The molecule has 0 radical (unpaired) electrons. The predicted molar refractivity (Wildman–Crippen MR) is 85.9 cm³/mol. The maximum absolute atomic E-state index is 11.5. The van der Waals surface area contributed by atoms with Crippen LogP contribution in [0.3, 0.4) is 0 Å². The average Bonchev–Trinajstić information content (AvgIpc) is 2.43. The molecule has 0 fully saturated rings. The van der Waals surface area contributed by atoms with E-state index in [1.165, 1.54) is 11.8 Å². The quantitative estimate of drug-likeness (QED) is 0.822. The number of hydrogen-bond donors (Lipinski definition) is 1. The topological polar surface area (TPSA) is 46.5 Å². The van der Waals surface area contributed by atoms with Crippen molar-refractivity contribution in [2.45, 2.75) is 25.7 Å². The van der Waals surface area contributed by atoms with Gasteiger partial charge in [-0.05, 0) is 61.9 Å². The first kappa shape index (κ1) is 15.4. The van der Waals surface area contributed by atoms with Crippen molar-refractivity contribution >= 4 is 17.7 Å². The molecule has 2 aromatic carbocycles. The molecule has 21 heavy (non-hydrogen) atoms. The van der Waals surface area contributed by atoms with Crippen molar-refractivity contribution in [1.29, 1.82) is 0 Å². The molecule has 0 aliphatic heterocycles. The summed E-state index contributed by atoms with van der Waals surface area (Å²) in [6.45, 7) is 5.99. The first-order valence-electron chi connectivity index (χ1n) is 6.60. The van der Waals surface area contributed by atoms with E-state index in [1.54, 1.807) is 12.1 Å². The first-order valence-corrected chi connectivity index (χ1v) is 7.82. The molecule has 0 unspecified atom stereocenters. The predicted octanol–water partition coefficient (Wildman–Crippen LogP) is 4.82. The zero-order valence-corrected chi connectivity index (χ0v) is 13.4. The molecule has 1 N–H and O–H groups in total.